The van der Waals surface area contributed by atoms with Crippen LogP contribution < -0.4 is 0 Å². The van der Waals surface area contributed by atoms with Crippen molar-refractivity contribution in [2.75, 3.05) is 13.1 Å². The Hall–Kier alpha value is -2.71. The molecule has 1 aromatic heterocycles. The fourth-order valence-electron chi connectivity index (χ4n) is 2.83. The molecule has 0 aliphatic carbocycles. The topological polar surface area (TPSA) is 97.5 Å². The smallest absolute Gasteiger partial charge is 0.410 e. The number of benzene rings is 1. The molecule has 0 radical (unpaired) electrons. The molecule has 3 rings (SSSR count). The number of carboxylic acid groups (broad SMARTS) is 1. The second kappa shape index (κ2) is 5.98. The van der Waals surface area contributed by atoms with Crippen molar-refractivity contribution < 1.29 is 23.8 Å². The first-order chi connectivity index (χ1) is 11.7. The van der Waals surface area contributed by atoms with Crippen LogP contribution in [0.5, 0.6) is 0 Å². The summed E-state index contributed by atoms with van der Waals surface area (Å²) in [5.74, 6) is -2.21. The second-order valence-corrected chi connectivity index (χ2v) is 7.03. The minimum absolute atomic E-state index is 0.176. The number of aromatic carboxylic acids is 1. The minimum atomic E-state index is -1.35. The highest BCUT2D eigenvalue weighted by Gasteiger charge is 2.32. The molecule has 1 amide bonds. The van der Waals surface area contributed by atoms with Crippen LogP contribution in [0.3, 0.4) is 0 Å². The highest BCUT2D eigenvalue weighted by molar-refractivity contribution is 5.92. The van der Waals surface area contributed by atoms with E-state index in [1.165, 1.54) is 6.07 Å². The van der Waals surface area contributed by atoms with Crippen LogP contribution in [-0.2, 0) is 4.74 Å². The van der Waals surface area contributed by atoms with Crippen molar-refractivity contribution >= 4 is 23.1 Å². The van der Waals surface area contributed by atoms with Gasteiger partial charge in [0, 0.05) is 19.2 Å². The Balaban J connectivity index is 1.85. The first-order valence-electron chi connectivity index (χ1n) is 7.91. The van der Waals surface area contributed by atoms with Crippen LogP contribution in [0.15, 0.2) is 12.1 Å². The summed E-state index contributed by atoms with van der Waals surface area (Å²) in [6.07, 6.45) is 0.217. The van der Waals surface area contributed by atoms with Crippen LogP contribution in [0, 0.1) is 5.82 Å². The summed E-state index contributed by atoms with van der Waals surface area (Å²) < 4.78 is 20.7. The maximum Gasteiger partial charge on any atom is 0.410 e. The Bertz CT molecular complexity index is 843. The van der Waals surface area contributed by atoms with E-state index in [-0.39, 0.29) is 11.6 Å². The van der Waals surface area contributed by atoms with Gasteiger partial charge in [-0.3, -0.25) is 0 Å². The van der Waals surface area contributed by atoms with Crippen molar-refractivity contribution in [1.82, 2.24) is 19.9 Å². The van der Waals surface area contributed by atoms with Crippen LogP contribution in [0.2, 0.25) is 0 Å². The third kappa shape index (κ3) is 3.40. The number of likely N-dealkylation sites (tertiary alicyclic amines) is 1. The molecular formula is C16H19FN4O4. The number of nitrogens with zero attached hydrogens (tertiary/aromatic N) is 4. The predicted molar refractivity (Wildman–Crippen MR) is 85.9 cm³/mol. The van der Waals surface area contributed by atoms with E-state index in [4.69, 9.17) is 9.84 Å². The monoisotopic (exact) mass is 350 g/mol. The van der Waals surface area contributed by atoms with E-state index < -0.39 is 29.0 Å². The molecular weight excluding hydrogens is 331 g/mol. The number of carbonyl (C=O) groups is 2. The normalized spacial score (nSPS) is 17.9. The van der Waals surface area contributed by atoms with Crippen molar-refractivity contribution in [1.29, 1.82) is 0 Å². The zero-order valence-corrected chi connectivity index (χ0v) is 14.2. The minimum Gasteiger partial charge on any atom is -0.478 e. The van der Waals surface area contributed by atoms with Crippen molar-refractivity contribution in [3.8, 4) is 0 Å². The van der Waals surface area contributed by atoms with Gasteiger partial charge in [-0.15, -0.1) is 5.10 Å². The van der Waals surface area contributed by atoms with Crippen molar-refractivity contribution in [3.63, 3.8) is 0 Å². The highest BCUT2D eigenvalue weighted by atomic mass is 19.1. The number of aromatic nitrogens is 3. The summed E-state index contributed by atoms with van der Waals surface area (Å²) in [7, 11) is 0. The molecule has 1 saturated heterocycles. The zero-order valence-electron chi connectivity index (χ0n) is 14.2. The third-order valence-electron chi connectivity index (χ3n) is 3.95. The van der Waals surface area contributed by atoms with Gasteiger partial charge in [0.15, 0.2) is 0 Å². The molecule has 1 N–H and O–H groups in total. The number of hydrogen-bond donors (Lipinski definition) is 1. The Morgan fingerprint density at radius 3 is 2.72 bits per heavy atom. The molecule has 1 aromatic carbocycles. The van der Waals surface area contributed by atoms with E-state index in [0.717, 1.165) is 6.07 Å². The van der Waals surface area contributed by atoms with Gasteiger partial charge in [0.05, 0.1) is 17.1 Å². The van der Waals surface area contributed by atoms with E-state index in [1.807, 2.05) is 0 Å². The van der Waals surface area contributed by atoms with Crippen LogP contribution in [0.4, 0.5) is 9.18 Å². The van der Waals surface area contributed by atoms with Crippen molar-refractivity contribution in [3.05, 3.63) is 23.5 Å². The summed E-state index contributed by atoms with van der Waals surface area (Å²) in [6.45, 7) is 6.25. The molecule has 134 valence electrons. The number of fused-ring (bicyclic) bond motifs is 1. The van der Waals surface area contributed by atoms with E-state index in [1.54, 1.807) is 30.4 Å². The van der Waals surface area contributed by atoms with Crippen LogP contribution in [-0.4, -0.2) is 55.8 Å². The Morgan fingerprint density at radius 2 is 2.08 bits per heavy atom. The molecule has 9 heteroatoms. The maximum atomic E-state index is 13.8. The van der Waals surface area contributed by atoms with Crippen LogP contribution in [0.25, 0.3) is 11.0 Å². The van der Waals surface area contributed by atoms with Gasteiger partial charge in [0.1, 0.15) is 16.9 Å². The van der Waals surface area contributed by atoms with E-state index >= 15 is 0 Å². The molecule has 8 nitrogen and oxygen atoms in total. The summed E-state index contributed by atoms with van der Waals surface area (Å²) in [5, 5.41) is 17.0. The average Bonchev–Trinajstić information content (AvgIpc) is 3.09. The number of amides is 1. The Morgan fingerprint density at radius 1 is 1.36 bits per heavy atom. The number of rotatable bonds is 2. The van der Waals surface area contributed by atoms with Crippen molar-refractivity contribution in [2.45, 2.75) is 38.8 Å². The Kier molecular flexibility index (Phi) is 4.09. The maximum absolute atomic E-state index is 13.8. The van der Waals surface area contributed by atoms with Gasteiger partial charge in [-0.05, 0) is 33.3 Å². The van der Waals surface area contributed by atoms with Gasteiger partial charge < -0.3 is 14.7 Å². The molecule has 0 saturated carbocycles. The fourth-order valence-corrected chi connectivity index (χ4v) is 2.83. The standard InChI is InChI=1S/C16H19FN4O4/c1-16(2,3)25-15(24)20-5-4-9(8-20)21-13-6-10(14(22)23)11(17)7-12(13)18-19-21/h6-7,9H,4-5,8H2,1-3H3,(H,22,23). The summed E-state index contributed by atoms with van der Waals surface area (Å²) in [4.78, 5) is 24.9. The second-order valence-electron chi connectivity index (χ2n) is 7.03. The lowest BCUT2D eigenvalue weighted by molar-refractivity contribution is 0.0288. The van der Waals surface area contributed by atoms with Gasteiger partial charge in [-0.2, -0.15) is 0 Å². The molecule has 1 atom stereocenters. The SMILES string of the molecule is CC(C)(C)OC(=O)N1CCC(n2nnc3cc(F)c(C(=O)O)cc32)C1. The van der Waals surface area contributed by atoms with E-state index in [2.05, 4.69) is 10.3 Å². The number of halogens is 1. The highest BCUT2D eigenvalue weighted by Crippen LogP contribution is 2.27. The number of hydrogen-bond acceptors (Lipinski definition) is 5. The van der Waals surface area contributed by atoms with Crippen LogP contribution in [0.1, 0.15) is 43.6 Å². The summed E-state index contributed by atoms with van der Waals surface area (Å²) >= 11 is 0. The summed E-state index contributed by atoms with van der Waals surface area (Å²) in [5.41, 5.74) is -0.311. The van der Waals surface area contributed by atoms with Gasteiger partial charge in [-0.25, -0.2) is 18.7 Å². The van der Waals surface area contributed by atoms with Gasteiger partial charge >= 0.3 is 12.1 Å². The molecule has 25 heavy (non-hydrogen) atoms. The van der Waals surface area contributed by atoms with Gasteiger partial charge in [0.25, 0.3) is 0 Å². The van der Waals surface area contributed by atoms with Gasteiger partial charge in [-0.1, -0.05) is 5.21 Å². The van der Waals surface area contributed by atoms with Crippen molar-refractivity contribution in [2.24, 2.45) is 0 Å². The molecule has 0 spiro atoms. The quantitative estimate of drug-likeness (QED) is 0.893. The molecule has 1 unspecified atom stereocenters. The average molecular weight is 350 g/mol. The summed E-state index contributed by atoms with van der Waals surface area (Å²) in [6, 6.07) is 2.11. The first-order valence-corrected chi connectivity index (χ1v) is 7.91. The number of carboxylic acids is 1. The molecule has 1 fully saturated rings. The number of ether oxygens (including phenoxy) is 1. The lowest BCUT2D eigenvalue weighted by atomic mass is 10.1. The zero-order chi connectivity index (χ0) is 18.4. The number of carbonyl (C=O) groups excluding carboxylic acids is 1. The predicted octanol–water partition coefficient (Wildman–Crippen LogP) is 2.45. The first kappa shape index (κ1) is 17.1. The molecule has 2 heterocycles. The third-order valence-corrected chi connectivity index (χ3v) is 3.95. The molecule has 0 bridgehead atoms. The van der Waals surface area contributed by atoms with E-state index in [9.17, 15) is 14.0 Å². The lowest BCUT2D eigenvalue weighted by Crippen LogP contribution is -2.35. The largest absolute Gasteiger partial charge is 0.478 e. The molecule has 1 aliphatic heterocycles. The molecule has 1 aliphatic rings. The van der Waals surface area contributed by atoms with E-state index in [0.29, 0.717) is 25.0 Å². The van der Waals surface area contributed by atoms with Gasteiger partial charge in [0.2, 0.25) is 0 Å². The lowest BCUT2D eigenvalue weighted by Gasteiger charge is -2.24. The Labute approximate surface area is 143 Å². The fraction of sp³-hybridized carbons (Fsp3) is 0.500. The van der Waals surface area contributed by atoms with Crippen LogP contribution >= 0.6 is 0 Å². The molecule has 2 aromatic rings.